The molecule has 1 aromatic heterocycles. The predicted molar refractivity (Wildman–Crippen MR) is 116 cm³/mol. The van der Waals surface area contributed by atoms with Gasteiger partial charge in [0.15, 0.2) is 0 Å². The number of aromatic nitrogens is 2. The highest BCUT2D eigenvalue weighted by Crippen LogP contribution is 2.39. The van der Waals surface area contributed by atoms with Gasteiger partial charge < -0.3 is 9.72 Å². The Labute approximate surface area is 167 Å². The molecule has 0 bridgehead atoms. The van der Waals surface area contributed by atoms with Crippen LogP contribution in [0.2, 0.25) is 0 Å². The second kappa shape index (κ2) is 6.91. The van der Waals surface area contributed by atoms with Gasteiger partial charge in [0.05, 0.1) is 30.0 Å². The molecule has 0 saturated carbocycles. The zero-order valence-corrected chi connectivity index (χ0v) is 15.8. The summed E-state index contributed by atoms with van der Waals surface area (Å²) in [5.74, 6) is -0.334. The Bertz CT molecular complexity index is 1350. The smallest absolute Gasteiger partial charge is 0.337 e. The van der Waals surface area contributed by atoms with Crippen molar-refractivity contribution < 1.29 is 9.53 Å². The van der Waals surface area contributed by atoms with Gasteiger partial charge in [0.25, 0.3) is 0 Å². The summed E-state index contributed by atoms with van der Waals surface area (Å²) >= 11 is 0. The van der Waals surface area contributed by atoms with Crippen LogP contribution in [0.1, 0.15) is 10.4 Å². The monoisotopic (exact) mass is 378 g/mol. The molecule has 4 nitrogen and oxygen atoms in total. The topological polar surface area (TPSA) is 55.0 Å². The van der Waals surface area contributed by atoms with E-state index in [1.54, 1.807) is 18.5 Å². The number of nitrogens with zero attached hydrogens (tertiary/aromatic N) is 1. The van der Waals surface area contributed by atoms with E-state index >= 15 is 0 Å². The van der Waals surface area contributed by atoms with Crippen molar-refractivity contribution in [1.82, 2.24) is 9.97 Å². The summed E-state index contributed by atoms with van der Waals surface area (Å²) < 4.78 is 4.82. The highest BCUT2D eigenvalue weighted by Gasteiger charge is 2.14. The second-order valence-electron chi connectivity index (χ2n) is 6.91. The van der Waals surface area contributed by atoms with Crippen LogP contribution in [0, 0.1) is 0 Å². The third kappa shape index (κ3) is 2.95. The van der Waals surface area contributed by atoms with Crippen LogP contribution >= 0.6 is 0 Å². The van der Waals surface area contributed by atoms with E-state index in [-0.39, 0.29) is 5.97 Å². The number of nitrogens with one attached hydrogen (secondary N) is 1. The Kier molecular flexibility index (Phi) is 4.10. The quantitative estimate of drug-likeness (QED) is 0.402. The molecule has 5 aromatic rings. The number of aromatic amines is 1. The maximum atomic E-state index is 11.8. The van der Waals surface area contributed by atoms with Gasteiger partial charge in [0.2, 0.25) is 0 Å². The van der Waals surface area contributed by atoms with Crippen molar-refractivity contribution in [3.05, 3.63) is 90.8 Å². The van der Waals surface area contributed by atoms with Crippen molar-refractivity contribution in [1.29, 1.82) is 0 Å². The summed E-state index contributed by atoms with van der Waals surface area (Å²) in [6, 6.07) is 26.5. The van der Waals surface area contributed by atoms with Crippen molar-refractivity contribution in [3.8, 4) is 22.3 Å². The Hall–Kier alpha value is -3.92. The van der Waals surface area contributed by atoms with Crippen LogP contribution in [-0.2, 0) is 4.74 Å². The van der Waals surface area contributed by atoms with Crippen LogP contribution in [0.3, 0.4) is 0 Å². The number of ether oxygens (including phenoxy) is 1. The molecule has 1 N–H and O–H groups in total. The molecule has 0 aliphatic heterocycles. The number of H-pyrrole nitrogens is 1. The first-order valence-corrected chi connectivity index (χ1v) is 9.38. The lowest BCUT2D eigenvalue weighted by Gasteiger charge is -2.14. The predicted octanol–water partition coefficient (Wildman–Crippen LogP) is 5.84. The maximum absolute atomic E-state index is 11.8. The molecule has 0 atom stereocenters. The minimum absolute atomic E-state index is 0.334. The molecule has 0 spiro atoms. The van der Waals surface area contributed by atoms with E-state index in [0.29, 0.717) is 5.56 Å². The summed E-state index contributed by atoms with van der Waals surface area (Å²) in [7, 11) is 1.39. The molecular formula is C25H18N2O2. The maximum Gasteiger partial charge on any atom is 0.337 e. The average molecular weight is 378 g/mol. The molecule has 0 fully saturated rings. The molecule has 0 amide bonds. The zero-order chi connectivity index (χ0) is 19.8. The van der Waals surface area contributed by atoms with E-state index in [2.05, 4.69) is 58.5 Å². The summed E-state index contributed by atoms with van der Waals surface area (Å²) in [5, 5.41) is 2.36. The van der Waals surface area contributed by atoms with Gasteiger partial charge in [-0.1, -0.05) is 54.6 Å². The number of hydrogen-bond donors (Lipinski definition) is 1. The van der Waals surface area contributed by atoms with Crippen molar-refractivity contribution in [2.45, 2.75) is 0 Å². The number of carbonyl (C=O) groups excluding carboxylic acids is 1. The van der Waals surface area contributed by atoms with Gasteiger partial charge in [0, 0.05) is 0 Å². The molecule has 5 rings (SSSR count). The van der Waals surface area contributed by atoms with Crippen molar-refractivity contribution in [3.63, 3.8) is 0 Å². The SMILES string of the molecule is COC(=O)c1ccc(-c2ccc3ccccc3c2-c2ccc3[nH]cnc3c2)cc1. The summed E-state index contributed by atoms with van der Waals surface area (Å²) in [6.45, 7) is 0. The first-order valence-electron chi connectivity index (χ1n) is 9.38. The normalized spacial score (nSPS) is 11.1. The van der Waals surface area contributed by atoms with Gasteiger partial charge >= 0.3 is 5.97 Å². The lowest BCUT2D eigenvalue weighted by Crippen LogP contribution is -2.00. The lowest BCUT2D eigenvalue weighted by molar-refractivity contribution is 0.0601. The van der Waals surface area contributed by atoms with E-state index in [1.807, 2.05) is 18.2 Å². The van der Waals surface area contributed by atoms with Gasteiger partial charge in [-0.15, -0.1) is 0 Å². The fourth-order valence-corrected chi connectivity index (χ4v) is 3.81. The third-order valence-corrected chi connectivity index (χ3v) is 5.26. The number of hydrogen-bond acceptors (Lipinski definition) is 3. The molecule has 0 aliphatic rings. The lowest BCUT2D eigenvalue weighted by atomic mass is 9.89. The first kappa shape index (κ1) is 17.2. The zero-order valence-electron chi connectivity index (χ0n) is 15.8. The first-order chi connectivity index (χ1) is 14.2. The Morgan fingerprint density at radius 1 is 0.897 bits per heavy atom. The number of esters is 1. The van der Waals surface area contributed by atoms with E-state index in [1.165, 1.54) is 17.9 Å². The number of fused-ring (bicyclic) bond motifs is 2. The second-order valence-corrected chi connectivity index (χ2v) is 6.91. The third-order valence-electron chi connectivity index (χ3n) is 5.26. The fourth-order valence-electron chi connectivity index (χ4n) is 3.81. The van der Waals surface area contributed by atoms with E-state index < -0.39 is 0 Å². The van der Waals surface area contributed by atoms with Crippen LogP contribution < -0.4 is 0 Å². The van der Waals surface area contributed by atoms with Crippen molar-refractivity contribution in [2.75, 3.05) is 7.11 Å². The molecule has 4 aromatic carbocycles. The molecule has 4 heteroatoms. The molecular weight excluding hydrogens is 360 g/mol. The molecule has 0 saturated heterocycles. The molecule has 0 unspecified atom stereocenters. The van der Waals surface area contributed by atoms with Crippen LogP contribution in [0.4, 0.5) is 0 Å². The Morgan fingerprint density at radius 3 is 2.52 bits per heavy atom. The molecule has 140 valence electrons. The highest BCUT2D eigenvalue weighted by atomic mass is 16.5. The Morgan fingerprint density at radius 2 is 1.69 bits per heavy atom. The largest absolute Gasteiger partial charge is 0.465 e. The van der Waals surface area contributed by atoms with Crippen molar-refractivity contribution >= 4 is 27.8 Å². The van der Waals surface area contributed by atoms with E-state index in [4.69, 9.17) is 4.74 Å². The van der Waals surface area contributed by atoms with Crippen LogP contribution in [0.15, 0.2) is 85.2 Å². The van der Waals surface area contributed by atoms with E-state index in [0.717, 1.165) is 33.3 Å². The van der Waals surface area contributed by atoms with Crippen LogP contribution in [0.5, 0.6) is 0 Å². The minimum Gasteiger partial charge on any atom is -0.465 e. The van der Waals surface area contributed by atoms with Gasteiger partial charge in [-0.2, -0.15) is 0 Å². The van der Waals surface area contributed by atoms with Gasteiger partial charge in [-0.3, -0.25) is 0 Å². The van der Waals surface area contributed by atoms with Crippen LogP contribution in [0.25, 0.3) is 44.1 Å². The summed E-state index contributed by atoms with van der Waals surface area (Å²) in [5.41, 5.74) is 6.89. The summed E-state index contributed by atoms with van der Waals surface area (Å²) in [6.07, 6.45) is 1.71. The van der Waals surface area contributed by atoms with Gasteiger partial charge in [0.1, 0.15) is 0 Å². The van der Waals surface area contributed by atoms with Gasteiger partial charge in [-0.25, -0.2) is 9.78 Å². The molecule has 0 aliphatic carbocycles. The van der Waals surface area contributed by atoms with Crippen LogP contribution in [-0.4, -0.2) is 23.0 Å². The minimum atomic E-state index is -0.334. The van der Waals surface area contributed by atoms with Crippen molar-refractivity contribution in [2.24, 2.45) is 0 Å². The number of imidazole rings is 1. The molecule has 1 heterocycles. The fraction of sp³-hybridized carbons (Fsp3) is 0.0400. The average Bonchev–Trinajstić information content (AvgIpc) is 3.26. The number of benzene rings is 4. The summed E-state index contributed by atoms with van der Waals surface area (Å²) in [4.78, 5) is 19.4. The van der Waals surface area contributed by atoms with Gasteiger partial charge in [-0.05, 0) is 57.3 Å². The molecule has 29 heavy (non-hydrogen) atoms. The number of rotatable bonds is 3. The highest BCUT2D eigenvalue weighted by molar-refractivity contribution is 6.05. The standard InChI is InChI=1S/C25H18N2O2/c1-29-25(28)18-8-6-17(7-9-18)21-12-10-16-4-2-3-5-20(16)24(21)19-11-13-22-23(14-19)27-15-26-22/h2-15H,1H3,(H,26,27). The van der Waals surface area contributed by atoms with E-state index in [9.17, 15) is 4.79 Å². The Balaban J connectivity index is 1.75. The molecule has 0 radical (unpaired) electrons. The number of carbonyl (C=O) groups is 1. The number of methoxy groups -OCH3 is 1.